The smallest absolute Gasteiger partial charge is 0.143 e. The third kappa shape index (κ3) is 6.12. The van der Waals surface area contributed by atoms with Crippen LogP contribution in [0.25, 0.3) is 0 Å². The number of benzene rings is 1. The van der Waals surface area contributed by atoms with Crippen molar-refractivity contribution in [3.8, 4) is 5.75 Å². The van der Waals surface area contributed by atoms with E-state index in [-0.39, 0.29) is 5.75 Å². The molecular weight excluding hydrogens is 384 g/mol. The Balaban J connectivity index is 2.22. The van der Waals surface area contributed by atoms with Crippen molar-refractivity contribution in [1.29, 1.82) is 0 Å². The van der Waals surface area contributed by atoms with E-state index in [1.807, 2.05) is 12.1 Å². The van der Waals surface area contributed by atoms with E-state index in [2.05, 4.69) is 63.0 Å². The van der Waals surface area contributed by atoms with Crippen LogP contribution in [0.1, 0.15) is 32.3 Å². The Bertz CT molecular complexity index is 401. The van der Waals surface area contributed by atoms with Gasteiger partial charge in [-0.1, -0.05) is 0 Å². The summed E-state index contributed by atoms with van der Waals surface area (Å²) >= 11 is 6.69. The topological polar surface area (TPSA) is 35.5 Å². The highest BCUT2D eigenvalue weighted by Crippen LogP contribution is 2.33. The second kappa shape index (κ2) is 9.03. The number of phenolic OH excluding ortho intramolecular Hbond substituents is 1. The van der Waals surface area contributed by atoms with Gasteiger partial charge < -0.3 is 15.3 Å². The lowest BCUT2D eigenvalue weighted by Crippen LogP contribution is -2.27. The van der Waals surface area contributed by atoms with Crippen LogP contribution in [-0.2, 0) is 6.54 Å². The molecule has 0 fully saturated rings. The maximum absolute atomic E-state index is 9.65. The molecule has 0 radical (unpaired) electrons. The summed E-state index contributed by atoms with van der Waals surface area (Å²) in [5, 5.41) is 13.1. The minimum absolute atomic E-state index is 0.255. The first-order chi connectivity index (χ1) is 9.41. The Labute approximate surface area is 139 Å². The fraction of sp³-hybridized carbons (Fsp3) is 0.600. The first-order valence-electron chi connectivity index (χ1n) is 6.99. The van der Waals surface area contributed by atoms with Crippen molar-refractivity contribution >= 4 is 31.9 Å². The van der Waals surface area contributed by atoms with Gasteiger partial charge in [0.1, 0.15) is 5.75 Å². The van der Waals surface area contributed by atoms with Gasteiger partial charge >= 0.3 is 0 Å². The third-order valence-corrected chi connectivity index (χ3v) is 4.61. The highest BCUT2D eigenvalue weighted by atomic mass is 79.9. The number of rotatable bonds is 8. The van der Waals surface area contributed by atoms with Gasteiger partial charge in [-0.3, -0.25) is 0 Å². The molecule has 0 atom stereocenters. The first kappa shape index (κ1) is 18.0. The summed E-state index contributed by atoms with van der Waals surface area (Å²) in [7, 11) is 2.17. The quantitative estimate of drug-likeness (QED) is 0.636. The predicted octanol–water partition coefficient (Wildman–Crippen LogP) is 4.13. The zero-order valence-corrected chi connectivity index (χ0v) is 15.6. The molecule has 114 valence electrons. The van der Waals surface area contributed by atoms with Crippen molar-refractivity contribution in [2.45, 2.75) is 39.3 Å². The molecule has 1 aromatic carbocycles. The van der Waals surface area contributed by atoms with Crippen molar-refractivity contribution in [2.75, 3.05) is 20.1 Å². The van der Waals surface area contributed by atoms with Crippen LogP contribution in [0.3, 0.4) is 0 Å². The van der Waals surface area contributed by atoms with E-state index in [1.165, 1.54) is 12.8 Å². The Morgan fingerprint density at radius 2 is 1.80 bits per heavy atom. The number of nitrogens with one attached hydrogen (secondary N) is 1. The molecule has 5 heteroatoms. The Hall–Kier alpha value is -0.100. The number of nitrogens with zero attached hydrogens (tertiary/aromatic N) is 1. The van der Waals surface area contributed by atoms with Gasteiger partial charge in [0.25, 0.3) is 0 Å². The van der Waals surface area contributed by atoms with E-state index in [0.29, 0.717) is 6.04 Å². The largest absolute Gasteiger partial charge is 0.506 e. The second-order valence-electron chi connectivity index (χ2n) is 5.37. The van der Waals surface area contributed by atoms with Gasteiger partial charge in [-0.05, 0) is 96.4 Å². The fourth-order valence-corrected chi connectivity index (χ4v) is 3.10. The molecule has 0 aromatic heterocycles. The van der Waals surface area contributed by atoms with Crippen LogP contribution in [0, 0.1) is 0 Å². The standard InChI is InChI=1S/C15H24Br2N2O/c1-11(2)19(3)7-5-4-6-18-10-12-8-13(16)15(20)14(17)9-12/h8-9,11,18,20H,4-7,10H2,1-3H3. The molecule has 0 heterocycles. The number of aromatic hydroxyl groups is 1. The molecule has 1 rings (SSSR count). The number of halogens is 2. The monoisotopic (exact) mass is 406 g/mol. The van der Waals surface area contributed by atoms with Crippen LogP contribution in [-0.4, -0.2) is 36.2 Å². The molecule has 0 aliphatic rings. The predicted molar refractivity (Wildman–Crippen MR) is 92.2 cm³/mol. The summed E-state index contributed by atoms with van der Waals surface area (Å²) in [6, 6.07) is 4.51. The molecule has 0 bridgehead atoms. The highest BCUT2D eigenvalue weighted by molar-refractivity contribution is 9.11. The van der Waals surface area contributed by atoms with Gasteiger partial charge in [0, 0.05) is 12.6 Å². The Morgan fingerprint density at radius 3 is 2.35 bits per heavy atom. The normalized spacial score (nSPS) is 11.6. The van der Waals surface area contributed by atoms with Gasteiger partial charge in [0.2, 0.25) is 0 Å². The van der Waals surface area contributed by atoms with Crippen LogP contribution in [0.4, 0.5) is 0 Å². The average molecular weight is 408 g/mol. The molecule has 0 amide bonds. The second-order valence-corrected chi connectivity index (χ2v) is 7.07. The van der Waals surface area contributed by atoms with Gasteiger partial charge in [0.05, 0.1) is 8.95 Å². The molecule has 3 nitrogen and oxygen atoms in total. The van der Waals surface area contributed by atoms with Crippen LogP contribution in [0.5, 0.6) is 5.75 Å². The fourth-order valence-electron chi connectivity index (χ4n) is 1.82. The minimum Gasteiger partial charge on any atom is -0.506 e. The highest BCUT2D eigenvalue weighted by Gasteiger charge is 2.05. The van der Waals surface area contributed by atoms with E-state index in [4.69, 9.17) is 0 Å². The number of unbranched alkanes of at least 4 members (excludes halogenated alkanes) is 1. The number of hydrogen-bond acceptors (Lipinski definition) is 3. The van der Waals surface area contributed by atoms with E-state index < -0.39 is 0 Å². The summed E-state index contributed by atoms with van der Waals surface area (Å²) < 4.78 is 1.45. The summed E-state index contributed by atoms with van der Waals surface area (Å²) in [4.78, 5) is 2.37. The lowest BCUT2D eigenvalue weighted by Gasteiger charge is -2.20. The van der Waals surface area contributed by atoms with E-state index >= 15 is 0 Å². The summed E-state index contributed by atoms with van der Waals surface area (Å²) in [6.45, 7) is 7.42. The molecular formula is C15H24Br2N2O. The molecule has 0 saturated carbocycles. The van der Waals surface area contributed by atoms with Crippen LogP contribution < -0.4 is 5.32 Å². The van der Waals surface area contributed by atoms with Crippen molar-refractivity contribution in [3.05, 3.63) is 26.6 Å². The van der Waals surface area contributed by atoms with E-state index in [9.17, 15) is 5.11 Å². The SMILES string of the molecule is CC(C)N(C)CCCCNCc1cc(Br)c(O)c(Br)c1. The zero-order valence-electron chi connectivity index (χ0n) is 12.4. The molecule has 0 aliphatic heterocycles. The summed E-state index contributed by atoms with van der Waals surface area (Å²) in [5.74, 6) is 0.255. The molecule has 20 heavy (non-hydrogen) atoms. The lowest BCUT2D eigenvalue weighted by molar-refractivity contribution is 0.268. The van der Waals surface area contributed by atoms with Crippen LogP contribution in [0.15, 0.2) is 21.1 Å². The molecule has 0 aliphatic carbocycles. The van der Waals surface area contributed by atoms with E-state index in [1.54, 1.807) is 0 Å². The maximum Gasteiger partial charge on any atom is 0.143 e. The molecule has 0 saturated heterocycles. The summed E-state index contributed by atoms with van der Waals surface area (Å²) in [6.07, 6.45) is 2.39. The van der Waals surface area contributed by atoms with Crippen molar-refractivity contribution in [3.63, 3.8) is 0 Å². The van der Waals surface area contributed by atoms with Crippen LogP contribution in [0.2, 0.25) is 0 Å². The van der Waals surface area contributed by atoms with Gasteiger partial charge in [-0.25, -0.2) is 0 Å². The van der Waals surface area contributed by atoms with Gasteiger partial charge in [-0.2, -0.15) is 0 Å². The maximum atomic E-state index is 9.65. The van der Waals surface area contributed by atoms with Crippen molar-refractivity contribution in [2.24, 2.45) is 0 Å². The van der Waals surface area contributed by atoms with Crippen molar-refractivity contribution in [1.82, 2.24) is 10.2 Å². The summed E-state index contributed by atoms with van der Waals surface area (Å²) in [5.41, 5.74) is 1.15. The third-order valence-electron chi connectivity index (χ3n) is 3.40. The van der Waals surface area contributed by atoms with Crippen LogP contribution >= 0.6 is 31.9 Å². The average Bonchev–Trinajstić information content (AvgIpc) is 2.39. The van der Waals surface area contributed by atoms with E-state index in [0.717, 1.165) is 34.1 Å². The Morgan fingerprint density at radius 1 is 1.20 bits per heavy atom. The molecule has 2 N–H and O–H groups in total. The molecule has 0 unspecified atom stereocenters. The first-order valence-corrected chi connectivity index (χ1v) is 8.58. The minimum atomic E-state index is 0.255. The number of hydrogen-bond donors (Lipinski definition) is 2. The molecule has 0 spiro atoms. The lowest BCUT2D eigenvalue weighted by atomic mass is 10.2. The Kier molecular flexibility index (Phi) is 8.10. The van der Waals surface area contributed by atoms with Gasteiger partial charge in [-0.15, -0.1) is 0 Å². The zero-order chi connectivity index (χ0) is 15.1. The van der Waals surface area contributed by atoms with Crippen molar-refractivity contribution < 1.29 is 5.11 Å². The van der Waals surface area contributed by atoms with Gasteiger partial charge in [0.15, 0.2) is 0 Å². The number of phenols is 1. The molecule has 1 aromatic rings.